The molecule has 1 heterocycles. The summed E-state index contributed by atoms with van der Waals surface area (Å²) in [5.41, 5.74) is 2.77. The van der Waals surface area contributed by atoms with Crippen LogP contribution in [0.4, 0.5) is 4.79 Å². The molecule has 0 aliphatic rings. The molecular formula is C18H24N2O2. The van der Waals surface area contributed by atoms with Crippen LogP contribution in [0, 0.1) is 6.92 Å². The number of alkyl carbamates (subject to hydrolysis) is 1. The van der Waals surface area contributed by atoms with Crippen LogP contribution in [0.5, 0.6) is 0 Å². The van der Waals surface area contributed by atoms with Crippen molar-refractivity contribution in [3.8, 4) is 11.3 Å². The van der Waals surface area contributed by atoms with Gasteiger partial charge < -0.3 is 14.6 Å². The quantitative estimate of drug-likeness (QED) is 0.906. The van der Waals surface area contributed by atoms with Crippen molar-refractivity contribution in [3.63, 3.8) is 0 Å². The maximum Gasteiger partial charge on any atom is 0.409 e. The Morgan fingerprint density at radius 3 is 2.36 bits per heavy atom. The van der Waals surface area contributed by atoms with Crippen LogP contribution in [0.2, 0.25) is 0 Å². The highest BCUT2D eigenvalue weighted by Crippen LogP contribution is 2.25. The molecule has 22 heavy (non-hydrogen) atoms. The Hall–Kier alpha value is -2.23. The molecule has 1 aromatic heterocycles. The molecule has 4 nitrogen and oxygen atoms in total. The van der Waals surface area contributed by atoms with E-state index in [1.54, 1.807) is 0 Å². The molecule has 2 rings (SSSR count). The normalized spacial score (nSPS) is 12.8. The summed E-state index contributed by atoms with van der Waals surface area (Å²) in [6, 6.07) is 14.2. The summed E-state index contributed by atoms with van der Waals surface area (Å²) >= 11 is 0. The molecule has 1 N–H and O–H groups in total. The first-order chi connectivity index (χ1) is 10.3. The lowest BCUT2D eigenvalue weighted by Gasteiger charge is -2.24. The van der Waals surface area contributed by atoms with Crippen molar-refractivity contribution >= 4 is 6.09 Å². The number of carbonyl (C=O) groups is 1. The first kappa shape index (κ1) is 16.1. The Labute approximate surface area is 132 Å². The highest BCUT2D eigenvalue weighted by Gasteiger charge is 2.20. The van der Waals surface area contributed by atoms with E-state index in [-0.39, 0.29) is 6.17 Å². The summed E-state index contributed by atoms with van der Waals surface area (Å²) in [7, 11) is 0. The minimum absolute atomic E-state index is 0.194. The van der Waals surface area contributed by atoms with E-state index in [0.717, 1.165) is 17.0 Å². The van der Waals surface area contributed by atoms with E-state index in [1.165, 1.54) is 0 Å². The minimum atomic E-state index is -0.502. The van der Waals surface area contributed by atoms with Gasteiger partial charge in [-0.05, 0) is 52.3 Å². The molecule has 1 amide bonds. The Balaban J connectivity index is 2.22. The van der Waals surface area contributed by atoms with Crippen LogP contribution in [0.25, 0.3) is 11.3 Å². The average molecular weight is 300 g/mol. The first-order valence-corrected chi connectivity index (χ1v) is 7.51. The summed E-state index contributed by atoms with van der Waals surface area (Å²) in [4.78, 5) is 12.0. The van der Waals surface area contributed by atoms with Gasteiger partial charge in [0.25, 0.3) is 0 Å². The van der Waals surface area contributed by atoms with Crippen molar-refractivity contribution in [2.75, 3.05) is 0 Å². The van der Waals surface area contributed by atoms with Crippen LogP contribution in [-0.4, -0.2) is 16.3 Å². The lowest BCUT2D eigenvalue weighted by atomic mass is 10.1. The van der Waals surface area contributed by atoms with Crippen LogP contribution in [0.1, 0.15) is 39.6 Å². The average Bonchev–Trinajstić information content (AvgIpc) is 2.79. The lowest BCUT2D eigenvalue weighted by Crippen LogP contribution is -2.36. The third-order valence-corrected chi connectivity index (χ3v) is 3.30. The number of nitrogens with one attached hydrogen (secondary N) is 1. The van der Waals surface area contributed by atoms with Gasteiger partial charge in [0.2, 0.25) is 0 Å². The van der Waals surface area contributed by atoms with Gasteiger partial charge >= 0.3 is 6.09 Å². The topological polar surface area (TPSA) is 43.3 Å². The number of carbonyl (C=O) groups excluding carboxylic acids is 1. The van der Waals surface area contributed by atoms with Gasteiger partial charge in [-0.1, -0.05) is 30.3 Å². The molecule has 0 fully saturated rings. The zero-order chi connectivity index (χ0) is 16.3. The zero-order valence-electron chi connectivity index (χ0n) is 13.9. The molecule has 2 aromatic rings. The highest BCUT2D eigenvalue weighted by molar-refractivity contribution is 5.68. The van der Waals surface area contributed by atoms with Gasteiger partial charge in [-0.15, -0.1) is 0 Å². The van der Waals surface area contributed by atoms with Crippen molar-refractivity contribution in [3.05, 3.63) is 48.2 Å². The van der Waals surface area contributed by atoms with Crippen molar-refractivity contribution in [2.24, 2.45) is 0 Å². The van der Waals surface area contributed by atoms with Crippen molar-refractivity contribution in [2.45, 2.75) is 46.4 Å². The number of rotatable bonds is 3. The Morgan fingerprint density at radius 2 is 1.77 bits per heavy atom. The molecule has 0 aliphatic heterocycles. The molecule has 0 aliphatic carbocycles. The first-order valence-electron chi connectivity index (χ1n) is 7.51. The van der Waals surface area contributed by atoms with E-state index in [2.05, 4.69) is 34.1 Å². The fraction of sp³-hybridized carbons (Fsp3) is 0.389. The molecule has 0 saturated carbocycles. The summed E-state index contributed by atoms with van der Waals surface area (Å²) in [6.07, 6.45) is -0.604. The molecule has 1 atom stereocenters. The van der Waals surface area contributed by atoms with Crippen molar-refractivity contribution in [1.29, 1.82) is 0 Å². The van der Waals surface area contributed by atoms with Crippen LogP contribution in [0.3, 0.4) is 0 Å². The number of nitrogens with zero attached hydrogens (tertiary/aromatic N) is 1. The Bertz CT molecular complexity index is 639. The predicted molar refractivity (Wildman–Crippen MR) is 88.7 cm³/mol. The molecule has 1 aromatic carbocycles. The van der Waals surface area contributed by atoms with Gasteiger partial charge in [-0.2, -0.15) is 0 Å². The molecule has 1 unspecified atom stereocenters. The van der Waals surface area contributed by atoms with E-state index in [9.17, 15) is 4.79 Å². The third kappa shape index (κ3) is 3.91. The molecular weight excluding hydrogens is 276 g/mol. The van der Waals surface area contributed by atoms with E-state index >= 15 is 0 Å². The summed E-state index contributed by atoms with van der Waals surface area (Å²) in [5.74, 6) is 0. The number of ether oxygens (including phenoxy) is 1. The van der Waals surface area contributed by atoms with Gasteiger partial charge in [0.1, 0.15) is 11.8 Å². The fourth-order valence-corrected chi connectivity index (χ4v) is 2.45. The van der Waals surface area contributed by atoms with E-state index in [4.69, 9.17) is 4.74 Å². The highest BCUT2D eigenvalue weighted by atomic mass is 16.6. The largest absolute Gasteiger partial charge is 0.444 e. The van der Waals surface area contributed by atoms with Gasteiger partial charge in [0, 0.05) is 11.4 Å². The zero-order valence-corrected chi connectivity index (χ0v) is 13.9. The van der Waals surface area contributed by atoms with Crippen LogP contribution in [0.15, 0.2) is 42.5 Å². The van der Waals surface area contributed by atoms with Crippen molar-refractivity contribution in [1.82, 2.24) is 9.88 Å². The molecule has 4 heteroatoms. The summed E-state index contributed by atoms with van der Waals surface area (Å²) < 4.78 is 7.42. The second-order valence-electron chi connectivity index (χ2n) is 6.42. The Morgan fingerprint density at radius 1 is 1.14 bits per heavy atom. The Kier molecular flexibility index (Phi) is 4.59. The fourth-order valence-electron chi connectivity index (χ4n) is 2.45. The monoisotopic (exact) mass is 300 g/mol. The van der Waals surface area contributed by atoms with E-state index < -0.39 is 11.7 Å². The van der Waals surface area contributed by atoms with Crippen LogP contribution < -0.4 is 5.32 Å². The van der Waals surface area contributed by atoms with Gasteiger partial charge in [-0.3, -0.25) is 0 Å². The second-order valence-corrected chi connectivity index (χ2v) is 6.42. The van der Waals surface area contributed by atoms with E-state index in [0.29, 0.717) is 0 Å². The SMILES string of the molecule is Cc1ccc(-c2ccccc2)n1C(C)NC(=O)OC(C)(C)C. The standard InChI is InChI=1S/C18H24N2O2/c1-13-11-12-16(15-9-7-6-8-10-15)20(13)14(2)19-17(21)22-18(3,4)5/h6-12,14H,1-5H3,(H,19,21). The molecule has 0 saturated heterocycles. The number of amides is 1. The third-order valence-electron chi connectivity index (χ3n) is 3.30. The number of aromatic nitrogens is 1. The molecule has 0 radical (unpaired) electrons. The van der Waals surface area contributed by atoms with Crippen LogP contribution >= 0.6 is 0 Å². The molecule has 0 bridgehead atoms. The maximum atomic E-state index is 12.0. The van der Waals surface area contributed by atoms with Gasteiger partial charge in [0.05, 0.1) is 0 Å². The minimum Gasteiger partial charge on any atom is -0.444 e. The number of benzene rings is 1. The van der Waals surface area contributed by atoms with Crippen molar-refractivity contribution < 1.29 is 9.53 Å². The summed E-state index contributed by atoms with van der Waals surface area (Å²) in [5, 5.41) is 2.89. The molecule has 118 valence electrons. The van der Waals surface area contributed by atoms with Gasteiger partial charge in [0.15, 0.2) is 0 Å². The number of aryl methyl sites for hydroxylation is 1. The van der Waals surface area contributed by atoms with Gasteiger partial charge in [-0.25, -0.2) is 4.79 Å². The maximum absolute atomic E-state index is 12.0. The smallest absolute Gasteiger partial charge is 0.409 e. The molecule has 0 spiro atoms. The summed E-state index contributed by atoms with van der Waals surface area (Å²) in [6.45, 7) is 9.54. The number of hydrogen-bond acceptors (Lipinski definition) is 2. The van der Waals surface area contributed by atoms with Crippen LogP contribution in [-0.2, 0) is 4.74 Å². The van der Waals surface area contributed by atoms with E-state index in [1.807, 2.05) is 52.8 Å². The lowest BCUT2D eigenvalue weighted by molar-refractivity contribution is 0.0489. The predicted octanol–water partition coefficient (Wildman–Crippen LogP) is 4.51. The number of hydrogen-bond donors (Lipinski definition) is 1. The second kappa shape index (κ2) is 6.26.